The van der Waals surface area contributed by atoms with E-state index in [-0.39, 0.29) is 18.0 Å². The Morgan fingerprint density at radius 2 is 2.25 bits per heavy atom. The average Bonchev–Trinajstić information content (AvgIpc) is 2.64. The summed E-state index contributed by atoms with van der Waals surface area (Å²) in [6.45, 7) is 0. The minimum absolute atomic E-state index is 0.103. The molecule has 1 saturated carbocycles. The summed E-state index contributed by atoms with van der Waals surface area (Å²) in [5.41, 5.74) is -1.15. The first-order valence-electron chi connectivity index (χ1n) is 5.19. The van der Waals surface area contributed by atoms with Crippen LogP contribution >= 0.6 is 0 Å². The molecule has 1 heterocycles. The summed E-state index contributed by atoms with van der Waals surface area (Å²) in [6, 6.07) is 0.913. The lowest BCUT2D eigenvalue weighted by Gasteiger charge is -2.14. The van der Waals surface area contributed by atoms with E-state index in [0.29, 0.717) is 6.42 Å². The van der Waals surface area contributed by atoms with Crippen LogP contribution in [0.3, 0.4) is 0 Å². The van der Waals surface area contributed by atoms with Crippen molar-refractivity contribution in [3.8, 4) is 5.88 Å². The van der Waals surface area contributed by atoms with Crippen molar-refractivity contribution < 1.29 is 9.84 Å². The number of aromatic nitrogens is 2. The molecule has 0 amide bonds. The third kappa shape index (κ3) is 1.88. The number of hydrogen-bond donors (Lipinski definition) is 2. The Hall–Kier alpha value is -1.56. The van der Waals surface area contributed by atoms with Crippen LogP contribution in [-0.2, 0) is 4.74 Å². The highest BCUT2D eigenvalue weighted by Gasteiger charge is 2.28. The van der Waals surface area contributed by atoms with E-state index in [9.17, 15) is 14.7 Å². The van der Waals surface area contributed by atoms with Crippen molar-refractivity contribution in [2.75, 3.05) is 7.11 Å². The van der Waals surface area contributed by atoms with Gasteiger partial charge in [0.25, 0.3) is 5.56 Å². The summed E-state index contributed by atoms with van der Waals surface area (Å²) in [5.74, 6) is -0.282. The van der Waals surface area contributed by atoms with Crippen LogP contribution in [0.2, 0.25) is 0 Å². The van der Waals surface area contributed by atoms with Gasteiger partial charge in [-0.2, -0.15) is 0 Å². The smallest absolute Gasteiger partial charge is 0.331 e. The van der Waals surface area contributed by atoms with Gasteiger partial charge in [-0.05, 0) is 19.3 Å². The van der Waals surface area contributed by atoms with Crippen molar-refractivity contribution in [2.45, 2.75) is 31.4 Å². The minimum atomic E-state index is -0.583. The molecule has 0 spiro atoms. The molecule has 2 unspecified atom stereocenters. The first kappa shape index (κ1) is 10.9. The Kier molecular flexibility index (Phi) is 2.82. The van der Waals surface area contributed by atoms with E-state index < -0.39 is 11.2 Å². The van der Waals surface area contributed by atoms with E-state index in [1.165, 1.54) is 4.57 Å². The molecule has 1 aromatic rings. The molecular weight excluding hydrogens is 212 g/mol. The second-order valence-corrected chi connectivity index (χ2v) is 3.99. The molecule has 88 valence electrons. The van der Waals surface area contributed by atoms with Gasteiger partial charge in [-0.1, -0.05) is 0 Å². The Morgan fingerprint density at radius 3 is 2.81 bits per heavy atom. The van der Waals surface area contributed by atoms with Crippen molar-refractivity contribution in [3.63, 3.8) is 0 Å². The number of rotatable bonds is 2. The van der Waals surface area contributed by atoms with E-state index in [1.54, 1.807) is 7.11 Å². The SMILES string of the molecule is COC1CCC(n2c(O)cc(=O)[nH]c2=O)C1. The Balaban J connectivity index is 2.35. The predicted octanol–water partition coefficient (Wildman–Crippen LogP) is -0.0178. The van der Waals surface area contributed by atoms with Gasteiger partial charge < -0.3 is 9.84 Å². The van der Waals surface area contributed by atoms with Crippen LogP contribution in [0.1, 0.15) is 25.3 Å². The molecule has 0 radical (unpaired) electrons. The molecule has 1 aromatic heterocycles. The lowest BCUT2D eigenvalue weighted by molar-refractivity contribution is 0.105. The van der Waals surface area contributed by atoms with Gasteiger partial charge in [0.1, 0.15) is 0 Å². The molecular formula is C10H14N2O4. The van der Waals surface area contributed by atoms with Gasteiger partial charge in [0.05, 0.1) is 12.2 Å². The molecule has 0 saturated heterocycles. The van der Waals surface area contributed by atoms with Gasteiger partial charge in [0.2, 0.25) is 5.88 Å². The fourth-order valence-electron chi connectivity index (χ4n) is 2.21. The molecule has 2 rings (SSSR count). The van der Waals surface area contributed by atoms with Crippen molar-refractivity contribution >= 4 is 0 Å². The number of H-pyrrole nitrogens is 1. The largest absolute Gasteiger partial charge is 0.494 e. The van der Waals surface area contributed by atoms with Crippen LogP contribution in [0.25, 0.3) is 0 Å². The number of aromatic hydroxyl groups is 1. The van der Waals surface area contributed by atoms with Crippen molar-refractivity contribution in [2.24, 2.45) is 0 Å². The summed E-state index contributed by atoms with van der Waals surface area (Å²) in [5, 5.41) is 9.59. The molecule has 1 aliphatic rings. The maximum Gasteiger partial charge on any atom is 0.331 e. The van der Waals surface area contributed by atoms with Crippen molar-refractivity contribution in [3.05, 3.63) is 26.9 Å². The first-order valence-corrected chi connectivity index (χ1v) is 5.19. The van der Waals surface area contributed by atoms with Gasteiger partial charge >= 0.3 is 5.69 Å². The van der Waals surface area contributed by atoms with Crippen LogP contribution in [-0.4, -0.2) is 27.9 Å². The highest BCUT2D eigenvalue weighted by Crippen LogP contribution is 2.32. The maximum absolute atomic E-state index is 11.5. The summed E-state index contributed by atoms with van der Waals surface area (Å²) in [4.78, 5) is 24.6. The zero-order chi connectivity index (χ0) is 11.7. The molecule has 2 atom stereocenters. The van der Waals surface area contributed by atoms with Crippen molar-refractivity contribution in [1.82, 2.24) is 9.55 Å². The van der Waals surface area contributed by atoms with E-state index in [1.807, 2.05) is 0 Å². The monoisotopic (exact) mass is 226 g/mol. The zero-order valence-electron chi connectivity index (χ0n) is 8.97. The van der Waals surface area contributed by atoms with Crippen LogP contribution in [0.5, 0.6) is 5.88 Å². The summed E-state index contributed by atoms with van der Waals surface area (Å²) in [7, 11) is 1.63. The third-order valence-corrected chi connectivity index (χ3v) is 3.01. The average molecular weight is 226 g/mol. The molecule has 0 aromatic carbocycles. The Bertz CT molecular complexity index is 490. The molecule has 1 fully saturated rings. The quantitative estimate of drug-likeness (QED) is 0.742. The third-order valence-electron chi connectivity index (χ3n) is 3.01. The zero-order valence-corrected chi connectivity index (χ0v) is 8.97. The van der Waals surface area contributed by atoms with Crippen LogP contribution < -0.4 is 11.2 Å². The molecule has 0 bridgehead atoms. The number of ether oxygens (including phenoxy) is 1. The first-order chi connectivity index (χ1) is 7.61. The lowest BCUT2D eigenvalue weighted by atomic mass is 10.2. The molecule has 0 aliphatic heterocycles. The van der Waals surface area contributed by atoms with Crippen molar-refractivity contribution in [1.29, 1.82) is 0 Å². The molecule has 6 heteroatoms. The summed E-state index contributed by atoms with van der Waals surface area (Å²) >= 11 is 0. The van der Waals surface area contributed by atoms with E-state index in [0.717, 1.165) is 18.9 Å². The number of methoxy groups -OCH3 is 1. The molecule has 6 nitrogen and oxygen atoms in total. The standard InChI is InChI=1S/C10H14N2O4/c1-16-7-3-2-6(4-7)12-9(14)5-8(13)11-10(12)15/h5-7,14H,2-4H2,1H3,(H,11,13,15). The number of hydrogen-bond acceptors (Lipinski definition) is 4. The van der Waals surface area contributed by atoms with Gasteiger partial charge in [-0.15, -0.1) is 0 Å². The number of nitrogens with one attached hydrogen (secondary N) is 1. The number of aromatic amines is 1. The van der Waals surface area contributed by atoms with E-state index in [2.05, 4.69) is 4.98 Å². The highest BCUT2D eigenvalue weighted by molar-refractivity contribution is 5.08. The fraction of sp³-hybridized carbons (Fsp3) is 0.600. The van der Waals surface area contributed by atoms with E-state index in [4.69, 9.17) is 4.74 Å². The minimum Gasteiger partial charge on any atom is -0.494 e. The van der Waals surface area contributed by atoms with Gasteiger partial charge in [-0.25, -0.2) is 4.79 Å². The second-order valence-electron chi connectivity index (χ2n) is 3.99. The predicted molar refractivity (Wildman–Crippen MR) is 56.7 cm³/mol. The molecule has 16 heavy (non-hydrogen) atoms. The normalized spacial score (nSPS) is 24.8. The molecule has 1 aliphatic carbocycles. The van der Waals surface area contributed by atoms with E-state index >= 15 is 0 Å². The molecule has 2 N–H and O–H groups in total. The van der Waals surface area contributed by atoms with Gasteiger partial charge in [0, 0.05) is 13.2 Å². The Morgan fingerprint density at radius 1 is 1.50 bits per heavy atom. The van der Waals surface area contributed by atoms with Gasteiger partial charge in [-0.3, -0.25) is 14.3 Å². The maximum atomic E-state index is 11.5. The fourth-order valence-corrected chi connectivity index (χ4v) is 2.21. The Labute approximate surface area is 91.5 Å². The topological polar surface area (TPSA) is 84.3 Å². The summed E-state index contributed by atoms with van der Waals surface area (Å²) in [6.07, 6.45) is 2.41. The number of nitrogens with zero attached hydrogens (tertiary/aromatic N) is 1. The van der Waals surface area contributed by atoms with Crippen LogP contribution in [0.15, 0.2) is 15.7 Å². The van der Waals surface area contributed by atoms with Crippen LogP contribution in [0, 0.1) is 0 Å². The highest BCUT2D eigenvalue weighted by atomic mass is 16.5. The van der Waals surface area contributed by atoms with Gasteiger partial charge in [0.15, 0.2) is 0 Å². The lowest BCUT2D eigenvalue weighted by Crippen LogP contribution is -2.31. The summed E-state index contributed by atoms with van der Waals surface area (Å²) < 4.78 is 6.42. The van der Waals surface area contributed by atoms with Crippen LogP contribution in [0.4, 0.5) is 0 Å². The second kappa shape index (κ2) is 4.13.